The van der Waals surface area contributed by atoms with Crippen LogP contribution in [-0.2, 0) is 10.0 Å². The average Bonchev–Trinajstić information content (AvgIpc) is 2.75. The molecular weight excluding hydrogens is 296 g/mol. The van der Waals surface area contributed by atoms with Crippen LogP contribution in [0.1, 0.15) is 0 Å². The Morgan fingerprint density at radius 3 is 2.72 bits per heavy atom. The van der Waals surface area contributed by atoms with Crippen LogP contribution in [-0.4, -0.2) is 25.6 Å². The van der Waals surface area contributed by atoms with Gasteiger partial charge in [-0.3, -0.25) is 4.31 Å². The maximum atomic E-state index is 12.2. The minimum atomic E-state index is -3.69. The number of hydrogen-bond donors (Lipinski definition) is 1. The Morgan fingerprint density at radius 1 is 1.44 bits per heavy atom. The molecule has 0 saturated heterocycles. The van der Waals surface area contributed by atoms with Gasteiger partial charge in [0, 0.05) is 13.1 Å². The number of rotatable bonds is 3. The van der Waals surface area contributed by atoms with Gasteiger partial charge in [0.25, 0.3) is 10.0 Å². The van der Waals surface area contributed by atoms with Crippen molar-refractivity contribution in [3.8, 4) is 5.75 Å². The summed E-state index contributed by atoms with van der Waals surface area (Å²) in [6.45, 7) is 0. The summed E-state index contributed by atoms with van der Waals surface area (Å²) >= 11 is 6.51. The van der Waals surface area contributed by atoms with E-state index < -0.39 is 10.0 Å². The fourth-order valence-electron chi connectivity index (χ4n) is 1.32. The number of thiazole rings is 1. The number of anilines is 1. The van der Waals surface area contributed by atoms with Crippen molar-refractivity contribution in [3.05, 3.63) is 34.9 Å². The molecule has 5 nitrogen and oxygen atoms in total. The number of sulfonamides is 1. The minimum absolute atomic E-state index is 0.00288. The highest BCUT2D eigenvalue weighted by Crippen LogP contribution is 2.29. The van der Waals surface area contributed by atoms with Crippen molar-refractivity contribution in [1.82, 2.24) is 4.98 Å². The normalized spacial score (nSPS) is 11.4. The van der Waals surface area contributed by atoms with E-state index >= 15 is 0 Å². The molecule has 0 amide bonds. The number of aromatic hydroxyl groups is 1. The second-order valence-corrected chi connectivity index (χ2v) is 7.23. The first-order valence-corrected chi connectivity index (χ1v) is 7.44. The molecule has 2 aromatic rings. The van der Waals surface area contributed by atoms with Crippen molar-refractivity contribution < 1.29 is 13.5 Å². The average molecular weight is 305 g/mol. The first-order chi connectivity index (χ1) is 8.41. The molecule has 1 aromatic carbocycles. The van der Waals surface area contributed by atoms with Crippen molar-refractivity contribution in [2.45, 2.75) is 4.21 Å². The lowest BCUT2D eigenvalue weighted by atomic mass is 10.3. The molecule has 1 N–H and O–H groups in total. The molecule has 0 aliphatic carbocycles. The zero-order valence-electron chi connectivity index (χ0n) is 9.24. The molecular formula is C10H9ClN2O3S2. The molecule has 96 valence electrons. The Hall–Kier alpha value is -1.31. The Kier molecular flexibility index (Phi) is 3.47. The van der Waals surface area contributed by atoms with E-state index in [4.69, 9.17) is 11.6 Å². The van der Waals surface area contributed by atoms with Crippen LogP contribution in [0.4, 0.5) is 5.69 Å². The second-order valence-electron chi connectivity index (χ2n) is 3.42. The lowest BCUT2D eigenvalue weighted by Gasteiger charge is -2.18. The van der Waals surface area contributed by atoms with Crippen LogP contribution in [0.25, 0.3) is 0 Å². The monoisotopic (exact) mass is 304 g/mol. The fraction of sp³-hybridized carbons (Fsp3) is 0.100. The summed E-state index contributed by atoms with van der Waals surface area (Å²) in [5, 5.41) is 9.35. The van der Waals surface area contributed by atoms with Gasteiger partial charge in [-0.05, 0) is 12.1 Å². The van der Waals surface area contributed by atoms with Gasteiger partial charge >= 0.3 is 0 Å². The number of nitrogens with zero attached hydrogens (tertiary/aromatic N) is 2. The third-order valence-electron chi connectivity index (χ3n) is 2.26. The lowest BCUT2D eigenvalue weighted by molar-refractivity contribution is 0.475. The van der Waals surface area contributed by atoms with Crippen LogP contribution in [0.2, 0.25) is 4.47 Å². The molecule has 0 fully saturated rings. The molecule has 0 radical (unpaired) electrons. The first kappa shape index (κ1) is 13.1. The van der Waals surface area contributed by atoms with E-state index in [9.17, 15) is 13.5 Å². The zero-order valence-corrected chi connectivity index (χ0v) is 11.6. The van der Waals surface area contributed by atoms with E-state index in [0.29, 0.717) is 5.69 Å². The number of hydrogen-bond acceptors (Lipinski definition) is 5. The summed E-state index contributed by atoms with van der Waals surface area (Å²) in [6, 6.07) is 5.98. The van der Waals surface area contributed by atoms with Crippen LogP contribution < -0.4 is 4.31 Å². The molecule has 1 heterocycles. The molecule has 0 atom stereocenters. The van der Waals surface area contributed by atoms with Crippen LogP contribution in [0.5, 0.6) is 5.75 Å². The highest BCUT2D eigenvalue weighted by Gasteiger charge is 2.24. The number of phenols is 1. The van der Waals surface area contributed by atoms with E-state index in [-0.39, 0.29) is 14.4 Å². The van der Waals surface area contributed by atoms with Gasteiger partial charge in [-0.15, -0.1) is 0 Å². The standard InChI is InChI=1S/C10H9ClN2O3S2/c1-13(7-3-2-4-8(14)5-7)18(15,16)9-6-12-10(11)17-9/h2-6,14H,1H3. The summed E-state index contributed by atoms with van der Waals surface area (Å²) in [4.78, 5) is 3.71. The molecule has 0 bridgehead atoms. The van der Waals surface area contributed by atoms with Gasteiger partial charge in [0.2, 0.25) is 0 Å². The number of benzene rings is 1. The predicted molar refractivity (Wildman–Crippen MR) is 70.8 cm³/mol. The lowest BCUT2D eigenvalue weighted by Crippen LogP contribution is -2.25. The van der Waals surface area contributed by atoms with Crippen LogP contribution >= 0.6 is 22.9 Å². The quantitative estimate of drug-likeness (QED) is 0.944. The molecule has 18 heavy (non-hydrogen) atoms. The molecule has 0 spiro atoms. The maximum absolute atomic E-state index is 12.2. The fourth-order valence-corrected chi connectivity index (χ4v) is 3.97. The summed E-state index contributed by atoms with van der Waals surface area (Å²) in [5.41, 5.74) is 0.361. The molecule has 2 rings (SSSR count). The van der Waals surface area contributed by atoms with Crippen molar-refractivity contribution in [2.75, 3.05) is 11.4 Å². The van der Waals surface area contributed by atoms with Gasteiger partial charge in [-0.25, -0.2) is 13.4 Å². The first-order valence-electron chi connectivity index (χ1n) is 4.80. The van der Waals surface area contributed by atoms with E-state index in [0.717, 1.165) is 15.6 Å². The third-order valence-corrected chi connectivity index (χ3v) is 5.60. The van der Waals surface area contributed by atoms with E-state index in [1.165, 1.54) is 25.4 Å². The van der Waals surface area contributed by atoms with Crippen molar-refractivity contribution >= 4 is 38.6 Å². The Morgan fingerprint density at radius 2 is 2.17 bits per heavy atom. The second kappa shape index (κ2) is 4.75. The van der Waals surface area contributed by atoms with Crippen LogP contribution in [0.15, 0.2) is 34.7 Å². The zero-order chi connectivity index (χ0) is 13.3. The highest BCUT2D eigenvalue weighted by molar-refractivity contribution is 7.94. The van der Waals surface area contributed by atoms with Gasteiger partial charge in [0.15, 0.2) is 8.68 Å². The molecule has 1 aromatic heterocycles. The van der Waals surface area contributed by atoms with Gasteiger partial charge in [-0.2, -0.15) is 0 Å². The van der Waals surface area contributed by atoms with E-state index in [1.807, 2.05) is 0 Å². The van der Waals surface area contributed by atoms with Crippen LogP contribution in [0, 0.1) is 0 Å². The Bertz CT molecular complexity index is 669. The molecule has 0 saturated carbocycles. The Labute approximate surface area is 113 Å². The summed E-state index contributed by atoms with van der Waals surface area (Å²) in [6.07, 6.45) is 1.21. The maximum Gasteiger partial charge on any atom is 0.275 e. The summed E-state index contributed by atoms with van der Waals surface area (Å²) < 4.78 is 25.7. The van der Waals surface area contributed by atoms with Crippen molar-refractivity contribution in [3.63, 3.8) is 0 Å². The van der Waals surface area contributed by atoms with Gasteiger partial charge in [-0.1, -0.05) is 29.0 Å². The predicted octanol–water partition coefficient (Wildman–Crippen LogP) is 2.33. The van der Waals surface area contributed by atoms with Gasteiger partial charge in [0.1, 0.15) is 5.75 Å². The smallest absolute Gasteiger partial charge is 0.275 e. The van der Waals surface area contributed by atoms with Crippen molar-refractivity contribution in [1.29, 1.82) is 0 Å². The van der Waals surface area contributed by atoms with Crippen LogP contribution in [0.3, 0.4) is 0 Å². The topological polar surface area (TPSA) is 70.5 Å². The molecule has 8 heteroatoms. The van der Waals surface area contributed by atoms with Gasteiger partial charge in [0.05, 0.1) is 11.9 Å². The number of phenolic OH excluding ortho intramolecular Hbond substituents is 1. The summed E-state index contributed by atoms with van der Waals surface area (Å²) in [7, 11) is -2.29. The SMILES string of the molecule is CN(c1cccc(O)c1)S(=O)(=O)c1cnc(Cl)s1. The third kappa shape index (κ3) is 2.43. The minimum Gasteiger partial charge on any atom is -0.508 e. The number of halogens is 1. The largest absolute Gasteiger partial charge is 0.508 e. The van der Waals surface area contributed by atoms with E-state index in [2.05, 4.69) is 4.98 Å². The highest BCUT2D eigenvalue weighted by atomic mass is 35.5. The molecule has 0 unspecified atom stereocenters. The Balaban J connectivity index is 2.42. The van der Waals surface area contributed by atoms with E-state index in [1.54, 1.807) is 12.1 Å². The molecule has 0 aliphatic heterocycles. The molecule has 0 aliphatic rings. The van der Waals surface area contributed by atoms with Crippen molar-refractivity contribution in [2.24, 2.45) is 0 Å². The number of aromatic nitrogens is 1. The van der Waals surface area contributed by atoms with Gasteiger partial charge < -0.3 is 5.11 Å². The summed E-state index contributed by atoms with van der Waals surface area (Å²) in [5.74, 6) is -0.00288.